The quantitative estimate of drug-likeness (QED) is 0.378. The molecule has 0 aliphatic carbocycles. The third kappa shape index (κ3) is 3.56. The van der Waals surface area contributed by atoms with E-state index in [1.807, 2.05) is 0 Å². The zero-order chi connectivity index (χ0) is 18.7. The minimum atomic E-state index is -0.779. The summed E-state index contributed by atoms with van der Waals surface area (Å²) in [5.74, 6) is -0.401. The van der Waals surface area contributed by atoms with Gasteiger partial charge in [-0.1, -0.05) is 0 Å². The van der Waals surface area contributed by atoms with Gasteiger partial charge >= 0.3 is 11.7 Å². The van der Waals surface area contributed by atoms with Gasteiger partial charge in [-0.15, -0.1) is 0 Å². The Morgan fingerprint density at radius 1 is 1.31 bits per heavy atom. The van der Waals surface area contributed by atoms with Gasteiger partial charge in [0.25, 0.3) is 5.91 Å². The Kier molecular flexibility index (Phi) is 4.70. The molecule has 1 amide bonds. The average Bonchev–Trinajstić information content (AvgIpc) is 2.61. The molecule has 0 spiro atoms. The van der Waals surface area contributed by atoms with E-state index in [1.54, 1.807) is 13.0 Å². The molecule has 0 saturated heterocycles. The van der Waals surface area contributed by atoms with Crippen LogP contribution in [0.5, 0.6) is 17.2 Å². The summed E-state index contributed by atoms with van der Waals surface area (Å²) < 4.78 is 15.6. The van der Waals surface area contributed by atoms with Crippen molar-refractivity contribution >= 4 is 23.3 Å². The number of nitrogens with zero attached hydrogens (tertiary/aromatic N) is 1. The molecule has 9 nitrogen and oxygen atoms in total. The van der Waals surface area contributed by atoms with Gasteiger partial charge in [-0.05, 0) is 31.2 Å². The van der Waals surface area contributed by atoms with Gasteiger partial charge in [0.15, 0.2) is 12.4 Å². The number of hydrogen-bond donors (Lipinski definition) is 1. The van der Waals surface area contributed by atoms with Crippen molar-refractivity contribution in [3.63, 3.8) is 0 Å². The number of esters is 1. The summed E-state index contributed by atoms with van der Waals surface area (Å²) in [5.41, 5.74) is 0.0507. The van der Waals surface area contributed by atoms with Crippen molar-refractivity contribution in [2.24, 2.45) is 0 Å². The molecule has 0 unspecified atom stereocenters. The number of rotatable bonds is 5. The second kappa shape index (κ2) is 7.09. The maximum atomic E-state index is 12.3. The van der Waals surface area contributed by atoms with Gasteiger partial charge in [0.2, 0.25) is 0 Å². The molecule has 1 N–H and O–H groups in total. The zero-order valence-corrected chi connectivity index (χ0v) is 13.7. The Hall–Kier alpha value is -3.62. The van der Waals surface area contributed by atoms with Crippen molar-refractivity contribution in [2.75, 3.05) is 18.5 Å². The molecule has 1 aliphatic heterocycles. The lowest BCUT2D eigenvalue weighted by atomic mass is 10.2. The van der Waals surface area contributed by atoms with Crippen molar-refractivity contribution in [2.45, 2.75) is 6.92 Å². The van der Waals surface area contributed by atoms with Crippen molar-refractivity contribution in [1.29, 1.82) is 0 Å². The van der Waals surface area contributed by atoms with Crippen LogP contribution in [0, 0.1) is 10.1 Å². The number of nitro groups is 1. The van der Waals surface area contributed by atoms with Crippen LogP contribution in [0.2, 0.25) is 0 Å². The predicted octanol–water partition coefficient (Wildman–Crippen LogP) is 2.54. The first-order valence-electron chi connectivity index (χ1n) is 7.68. The molecule has 0 bridgehead atoms. The third-order valence-corrected chi connectivity index (χ3v) is 3.49. The molecular weight excluding hydrogens is 344 g/mol. The van der Waals surface area contributed by atoms with Crippen LogP contribution in [-0.4, -0.2) is 30.0 Å². The molecular formula is C17H14N2O7. The topological polar surface area (TPSA) is 117 Å². The van der Waals surface area contributed by atoms with Gasteiger partial charge in [0, 0.05) is 12.1 Å². The van der Waals surface area contributed by atoms with Crippen molar-refractivity contribution in [3.05, 3.63) is 52.1 Å². The Morgan fingerprint density at radius 3 is 2.85 bits per heavy atom. The molecule has 134 valence electrons. The van der Waals surface area contributed by atoms with Gasteiger partial charge < -0.3 is 19.5 Å². The maximum absolute atomic E-state index is 12.3. The number of carbonyl (C=O) groups excluding carboxylic acids is 2. The van der Waals surface area contributed by atoms with E-state index in [0.29, 0.717) is 11.4 Å². The summed E-state index contributed by atoms with van der Waals surface area (Å²) in [5, 5.41) is 13.7. The second-order valence-electron chi connectivity index (χ2n) is 5.26. The van der Waals surface area contributed by atoms with Gasteiger partial charge in [0.1, 0.15) is 11.5 Å². The number of anilines is 1. The molecule has 3 rings (SSSR count). The summed E-state index contributed by atoms with van der Waals surface area (Å²) in [4.78, 5) is 34.1. The smallest absolute Gasteiger partial charge is 0.343 e. The van der Waals surface area contributed by atoms with Crippen LogP contribution in [0.1, 0.15) is 17.3 Å². The Morgan fingerprint density at radius 2 is 2.12 bits per heavy atom. The van der Waals surface area contributed by atoms with Crippen molar-refractivity contribution in [1.82, 2.24) is 0 Å². The molecule has 26 heavy (non-hydrogen) atoms. The number of hydrogen-bond acceptors (Lipinski definition) is 7. The summed E-state index contributed by atoms with van der Waals surface area (Å²) in [7, 11) is 0. The van der Waals surface area contributed by atoms with E-state index in [4.69, 9.17) is 14.2 Å². The van der Waals surface area contributed by atoms with E-state index < -0.39 is 10.9 Å². The van der Waals surface area contributed by atoms with Crippen LogP contribution < -0.4 is 19.5 Å². The lowest BCUT2D eigenvalue weighted by Crippen LogP contribution is -2.25. The fourth-order valence-corrected chi connectivity index (χ4v) is 2.36. The molecule has 0 fully saturated rings. The minimum Gasteiger partial charge on any atom is -0.487 e. The number of benzene rings is 2. The summed E-state index contributed by atoms with van der Waals surface area (Å²) in [6, 6.07) is 8.31. The number of fused-ring (bicyclic) bond motifs is 1. The van der Waals surface area contributed by atoms with Crippen LogP contribution >= 0.6 is 0 Å². The first-order valence-corrected chi connectivity index (χ1v) is 7.68. The van der Waals surface area contributed by atoms with Gasteiger partial charge in [0.05, 0.1) is 22.8 Å². The van der Waals surface area contributed by atoms with Crippen LogP contribution in [0.25, 0.3) is 0 Å². The van der Waals surface area contributed by atoms with Crippen molar-refractivity contribution < 1.29 is 28.7 Å². The highest BCUT2D eigenvalue weighted by atomic mass is 16.6. The number of nitro benzene ring substituents is 1. The van der Waals surface area contributed by atoms with Gasteiger partial charge in [-0.25, -0.2) is 4.79 Å². The lowest BCUT2D eigenvalue weighted by Gasteiger charge is -2.18. The first-order chi connectivity index (χ1) is 12.5. The second-order valence-corrected chi connectivity index (χ2v) is 5.26. The largest absolute Gasteiger partial charge is 0.487 e. The van der Waals surface area contributed by atoms with E-state index >= 15 is 0 Å². The van der Waals surface area contributed by atoms with Crippen LogP contribution in [0.4, 0.5) is 11.4 Å². The SMILES string of the molecule is CCOc1ccc(C(=O)Oc2ccc3c(c2)NC(=O)CO3)cc1[N+](=O)[O-]. The van der Waals surface area contributed by atoms with E-state index in [0.717, 1.165) is 6.07 Å². The van der Waals surface area contributed by atoms with Gasteiger partial charge in [-0.3, -0.25) is 14.9 Å². The fraction of sp³-hybridized carbons (Fsp3) is 0.176. The van der Waals surface area contributed by atoms with Crippen LogP contribution in [-0.2, 0) is 4.79 Å². The highest BCUT2D eigenvalue weighted by molar-refractivity contribution is 5.96. The van der Waals surface area contributed by atoms with Gasteiger partial charge in [-0.2, -0.15) is 0 Å². The molecule has 1 heterocycles. The van der Waals surface area contributed by atoms with E-state index in [1.165, 1.54) is 24.3 Å². The van der Waals surface area contributed by atoms with Crippen LogP contribution in [0.15, 0.2) is 36.4 Å². The molecule has 0 aromatic heterocycles. The number of ether oxygens (including phenoxy) is 3. The summed E-state index contributed by atoms with van der Waals surface area (Å²) in [6.07, 6.45) is 0. The average molecular weight is 358 g/mol. The van der Waals surface area contributed by atoms with Crippen LogP contribution in [0.3, 0.4) is 0 Å². The van der Waals surface area contributed by atoms with E-state index in [2.05, 4.69) is 5.32 Å². The lowest BCUT2D eigenvalue weighted by molar-refractivity contribution is -0.385. The molecule has 2 aromatic carbocycles. The number of amides is 1. The normalized spacial score (nSPS) is 12.4. The Bertz CT molecular complexity index is 895. The Balaban J connectivity index is 1.82. The highest BCUT2D eigenvalue weighted by Gasteiger charge is 2.21. The van der Waals surface area contributed by atoms with E-state index in [9.17, 15) is 19.7 Å². The fourth-order valence-electron chi connectivity index (χ4n) is 2.36. The first kappa shape index (κ1) is 17.2. The predicted molar refractivity (Wildman–Crippen MR) is 89.8 cm³/mol. The number of nitrogens with one attached hydrogen (secondary N) is 1. The third-order valence-electron chi connectivity index (χ3n) is 3.49. The maximum Gasteiger partial charge on any atom is 0.343 e. The monoisotopic (exact) mass is 358 g/mol. The number of carbonyl (C=O) groups is 2. The molecule has 0 atom stereocenters. The summed E-state index contributed by atoms with van der Waals surface area (Å²) >= 11 is 0. The summed E-state index contributed by atoms with van der Waals surface area (Å²) in [6.45, 7) is 1.88. The molecule has 1 aliphatic rings. The standard InChI is InChI=1S/C17H14N2O7/c1-2-24-15-5-3-10(7-13(15)19(22)23)17(21)26-11-4-6-14-12(8-11)18-16(20)9-25-14/h3-8H,2,9H2,1H3,(H,18,20). The minimum absolute atomic E-state index is 0.00170. The van der Waals surface area contributed by atoms with E-state index in [-0.39, 0.29) is 41.9 Å². The molecule has 9 heteroatoms. The molecule has 0 radical (unpaired) electrons. The molecule has 0 saturated carbocycles. The Labute approximate surface area is 147 Å². The molecule has 2 aromatic rings. The highest BCUT2D eigenvalue weighted by Crippen LogP contribution is 2.32. The zero-order valence-electron chi connectivity index (χ0n) is 13.7. The van der Waals surface area contributed by atoms with Crippen molar-refractivity contribution in [3.8, 4) is 17.2 Å².